The molecule has 1 saturated heterocycles. The fourth-order valence-corrected chi connectivity index (χ4v) is 6.99. The molecule has 1 fully saturated rings. The zero-order valence-electron chi connectivity index (χ0n) is 19.0. The van der Waals surface area contributed by atoms with E-state index in [4.69, 9.17) is 9.40 Å². The van der Waals surface area contributed by atoms with Crippen molar-refractivity contribution in [2.45, 2.75) is 23.8 Å². The zero-order chi connectivity index (χ0) is 24.7. The minimum atomic E-state index is -3.52. The normalized spacial score (nSPS) is 16.9. The lowest BCUT2D eigenvalue weighted by Crippen LogP contribution is -2.45. The summed E-state index contributed by atoms with van der Waals surface area (Å²) >= 11 is 1.37. The van der Waals surface area contributed by atoms with E-state index in [0.717, 1.165) is 18.4 Å². The van der Waals surface area contributed by atoms with Crippen LogP contribution in [0.5, 0.6) is 5.75 Å². The van der Waals surface area contributed by atoms with Gasteiger partial charge in [0.05, 0.1) is 10.6 Å². The monoisotopic (exact) mass is 522 g/mol. The van der Waals surface area contributed by atoms with Crippen LogP contribution in [-0.4, -0.2) is 56.3 Å². The topological polar surface area (TPSA) is 126 Å². The number of oxazole rings is 1. The van der Waals surface area contributed by atoms with Crippen LogP contribution in [0.4, 0.5) is 5.95 Å². The molecular weight excluding hydrogens is 500 g/mol. The first kappa shape index (κ1) is 22.7. The quantitative estimate of drug-likeness (QED) is 0.342. The number of piperidine rings is 1. The Kier molecular flexibility index (Phi) is 5.70. The molecule has 184 valence electrons. The third kappa shape index (κ3) is 4.12. The van der Waals surface area contributed by atoms with Gasteiger partial charge in [0.25, 0.3) is 0 Å². The molecule has 2 N–H and O–H groups in total. The number of imidazole rings is 1. The van der Waals surface area contributed by atoms with Gasteiger partial charge in [0.15, 0.2) is 0 Å². The van der Waals surface area contributed by atoms with Crippen molar-refractivity contribution in [2.24, 2.45) is 0 Å². The number of benzene rings is 1. The number of rotatable bonds is 6. The molecule has 10 nitrogen and oxygen atoms in total. The van der Waals surface area contributed by atoms with Crippen LogP contribution in [0.2, 0.25) is 0 Å². The van der Waals surface area contributed by atoms with E-state index in [1.807, 2.05) is 6.07 Å². The molecule has 1 atom stereocenters. The van der Waals surface area contributed by atoms with E-state index in [1.54, 1.807) is 64.1 Å². The third-order valence-electron chi connectivity index (χ3n) is 6.13. The minimum Gasteiger partial charge on any atom is -0.508 e. The number of aromatic nitrogens is 4. The largest absolute Gasteiger partial charge is 0.508 e. The first-order valence-corrected chi connectivity index (χ1v) is 13.7. The molecular formula is C24H22N6O4S2. The fraction of sp³-hybridized carbons (Fsp3) is 0.208. The highest BCUT2D eigenvalue weighted by Crippen LogP contribution is 2.34. The Morgan fingerprint density at radius 1 is 1.19 bits per heavy atom. The molecule has 0 saturated carbocycles. The highest BCUT2D eigenvalue weighted by atomic mass is 32.2. The van der Waals surface area contributed by atoms with Gasteiger partial charge in [-0.2, -0.15) is 20.6 Å². The Morgan fingerprint density at radius 3 is 2.94 bits per heavy atom. The van der Waals surface area contributed by atoms with E-state index in [9.17, 15) is 13.5 Å². The number of hydrogen-bond acceptors (Lipinski definition) is 9. The molecule has 5 heterocycles. The van der Waals surface area contributed by atoms with E-state index in [0.29, 0.717) is 46.9 Å². The second-order valence-corrected chi connectivity index (χ2v) is 11.2. The molecule has 0 radical (unpaired) electrons. The van der Waals surface area contributed by atoms with Gasteiger partial charge >= 0.3 is 5.84 Å². The van der Waals surface area contributed by atoms with Crippen molar-refractivity contribution in [1.29, 1.82) is 0 Å². The first-order valence-electron chi connectivity index (χ1n) is 11.4. The van der Waals surface area contributed by atoms with Gasteiger partial charge in [-0.1, -0.05) is 12.1 Å². The van der Waals surface area contributed by atoms with E-state index in [-0.39, 0.29) is 11.8 Å². The molecule has 0 bridgehead atoms. The number of hydrogen-bond donors (Lipinski definition) is 2. The maximum absolute atomic E-state index is 13.0. The molecule has 6 rings (SSSR count). The Hall–Kier alpha value is -3.74. The number of sulfonamides is 1. The summed E-state index contributed by atoms with van der Waals surface area (Å²) in [5.41, 5.74) is 2.64. The number of thiophene rings is 1. The Labute approximate surface area is 210 Å². The van der Waals surface area contributed by atoms with Crippen molar-refractivity contribution in [1.82, 2.24) is 23.7 Å². The van der Waals surface area contributed by atoms with Crippen LogP contribution in [0.1, 0.15) is 12.8 Å². The van der Waals surface area contributed by atoms with Gasteiger partial charge < -0.3 is 14.8 Å². The Balaban J connectivity index is 1.30. The average molecular weight is 523 g/mol. The molecule has 36 heavy (non-hydrogen) atoms. The third-order valence-corrected chi connectivity index (χ3v) is 8.82. The van der Waals surface area contributed by atoms with Crippen molar-refractivity contribution in [2.75, 3.05) is 18.4 Å². The molecule has 0 unspecified atom stereocenters. The maximum Gasteiger partial charge on any atom is 0.306 e. The summed E-state index contributed by atoms with van der Waals surface area (Å²) in [4.78, 5) is 14.0. The lowest BCUT2D eigenvalue weighted by molar-refractivity contribution is 0.326. The van der Waals surface area contributed by atoms with Crippen molar-refractivity contribution in [3.05, 3.63) is 65.8 Å². The molecule has 0 amide bonds. The molecule has 12 heteroatoms. The average Bonchev–Trinajstić information content (AvgIpc) is 3.62. The molecule has 0 spiro atoms. The number of fused-ring (bicyclic) bond motifs is 1. The summed E-state index contributed by atoms with van der Waals surface area (Å²) in [6, 6.07) is 10.1. The smallest absolute Gasteiger partial charge is 0.306 e. The van der Waals surface area contributed by atoms with Gasteiger partial charge in [-0.05, 0) is 42.5 Å². The van der Waals surface area contributed by atoms with Gasteiger partial charge in [0, 0.05) is 42.5 Å². The Morgan fingerprint density at radius 2 is 2.11 bits per heavy atom. The summed E-state index contributed by atoms with van der Waals surface area (Å²) in [6.45, 7) is 0.817. The van der Waals surface area contributed by atoms with Crippen LogP contribution in [0.3, 0.4) is 0 Å². The van der Waals surface area contributed by atoms with Crippen LogP contribution >= 0.6 is 11.3 Å². The first-order chi connectivity index (χ1) is 17.5. The summed E-state index contributed by atoms with van der Waals surface area (Å²) in [5, 5.41) is 16.7. The van der Waals surface area contributed by atoms with E-state index in [1.165, 1.54) is 15.6 Å². The summed E-state index contributed by atoms with van der Waals surface area (Å²) in [5.74, 6) is 0.929. The molecule has 0 aliphatic carbocycles. The minimum absolute atomic E-state index is 0.132. The van der Waals surface area contributed by atoms with Crippen LogP contribution in [-0.2, 0) is 10.0 Å². The SMILES string of the molecule is O=S(=O)(c1ccsc1)N1CCC[C@@H](Nc2nccc(-c3c(-c4cccc(O)c4)nc4occn34)n2)C1. The van der Waals surface area contributed by atoms with Crippen molar-refractivity contribution < 1.29 is 17.9 Å². The molecule has 1 aromatic carbocycles. The van der Waals surface area contributed by atoms with Crippen LogP contribution in [0.15, 0.2) is 75.1 Å². The molecule has 5 aromatic rings. The number of nitrogens with zero attached hydrogens (tertiary/aromatic N) is 5. The number of aromatic hydroxyl groups is 1. The number of anilines is 1. The van der Waals surface area contributed by atoms with Crippen molar-refractivity contribution >= 4 is 33.2 Å². The molecule has 1 aliphatic rings. The summed E-state index contributed by atoms with van der Waals surface area (Å²) < 4.78 is 34.8. The second-order valence-electron chi connectivity index (χ2n) is 8.49. The molecule has 4 aromatic heterocycles. The van der Waals surface area contributed by atoms with E-state index in [2.05, 4.69) is 15.3 Å². The molecule has 1 aliphatic heterocycles. The zero-order valence-corrected chi connectivity index (χ0v) is 20.6. The lowest BCUT2D eigenvalue weighted by atomic mass is 10.1. The van der Waals surface area contributed by atoms with Crippen molar-refractivity contribution in [3.63, 3.8) is 0 Å². The predicted molar refractivity (Wildman–Crippen MR) is 135 cm³/mol. The van der Waals surface area contributed by atoms with Gasteiger partial charge in [0.2, 0.25) is 16.0 Å². The fourth-order valence-electron chi connectivity index (χ4n) is 4.45. The number of nitrogens with one attached hydrogen (secondary N) is 1. The van der Waals surface area contributed by atoms with Gasteiger partial charge in [-0.15, -0.1) is 0 Å². The summed E-state index contributed by atoms with van der Waals surface area (Å²) in [6.07, 6.45) is 6.49. The highest BCUT2D eigenvalue weighted by molar-refractivity contribution is 7.89. The van der Waals surface area contributed by atoms with Crippen LogP contribution < -0.4 is 5.32 Å². The second kappa shape index (κ2) is 9.04. The van der Waals surface area contributed by atoms with Crippen LogP contribution in [0, 0.1) is 0 Å². The summed E-state index contributed by atoms with van der Waals surface area (Å²) in [7, 11) is -3.52. The van der Waals surface area contributed by atoms with E-state index >= 15 is 0 Å². The van der Waals surface area contributed by atoms with E-state index < -0.39 is 10.0 Å². The van der Waals surface area contributed by atoms with Gasteiger partial charge in [0.1, 0.15) is 23.4 Å². The van der Waals surface area contributed by atoms with Gasteiger partial charge in [-0.25, -0.2) is 18.4 Å². The van der Waals surface area contributed by atoms with Gasteiger partial charge in [-0.3, -0.25) is 4.40 Å². The van der Waals surface area contributed by atoms with Crippen LogP contribution in [0.25, 0.3) is 28.5 Å². The van der Waals surface area contributed by atoms with Crippen molar-refractivity contribution in [3.8, 4) is 28.4 Å². The highest BCUT2D eigenvalue weighted by Gasteiger charge is 2.31. The lowest BCUT2D eigenvalue weighted by Gasteiger charge is -2.32. The number of phenols is 1. The maximum atomic E-state index is 13.0. The predicted octanol–water partition coefficient (Wildman–Crippen LogP) is 4.08. The standard InChI is InChI=1S/C24H22N6O4S2/c31-18-5-1-3-16(13-18)21-22(30-10-11-34-24(30)28-21)20-6-8-25-23(27-20)26-17-4-2-9-29(14-17)36(32,33)19-7-12-35-15-19/h1,3,5-8,10-13,15,17,31H,2,4,9,14H2,(H,25,26,27)/t17-/m1/s1. The number of phenolic OH excluding ortho intramolecular Hbond substituents is 1. The Bertz CT molecular complexity index is 1630.